The SMILES string of the molecule is CCN1C[C@H](c2ccccc2)N(C(=O)O)C[C@H]1C. The Kier molecular flexibility index (Phi) is 3.87. The summed E-state index contributed by atoms with van der Waals surface area (Å²) in [5.74, 6) is 0. The Morgan fingerprint density at radius 1 is 1.33 bits per heavy atom. The minimum atomic E-state index is -0.827. The number of hydrogen-bond donors (Lipinski definition) is 1. The van der Waals surface area contributed by atoms with Crippen molar-refractivity contribution in [2.75, 3.05) is 19.6 Å². The van der Waals surface area contributed by atoms with Gasteiger partial charge in [0, 0.05) is 19.1 Å². The Bertz CT molecular complexity index is 408. The molecule has 1 aliphatic heterocycles. The van der Waals surface area contributed by atoms with Gasteiger partial charge in [0.2, 0.25) is 0 Å². The number of hydrogen-bond acceptors (Lipinski definition) is 2. The van der Waals surface area contributed by atoms with Gasteiger partial charge in [0.1, 0.15) is 0 Å². The molecule has 4 heteroatoms. The Hall–Kier alpha value is -1.55. The van der Waals surface area contributed by atoms with Crippen LogP contribution in [0.25, 0.3) is 0 Å². The maximum Gasteiger partial charge on any atom is 0.407 e. The Labute approximate surface area is 108 Å². The van der Waals surface area contributed by atoms with Crippen molar-refractivity contribution in [3.63, 3.8) is 0 Å². The zero-order chi connectivity index (χ0) is 13.1. The Morgan fingerprint density at radius 2 is 2.00 bits per heavy atom. The largest absolute Gasteiger partial charge is 0.465 e. The fourth-order valence-corrected chi connectivity index (χ4v) is 2.64. The third-order valence-corrected chi connectivity index (χ3v) is 3.70. The molecule has 1 fully saturated rings. The summed E-state index contributed by atoms with van der Waals surface area (Å²) in [6, 6.07) is 10.1. The molecule has 4 nitrogen and oxygen atoms in total. The lowest BCUT2D eigenvalue weighted by Gasteiger charge is -2.43. The van der Waals surface area contributed by atoms with E-state index in [4.69, 9.17) is 0 Å². The number of carbonyl (C=O) groups is 1. The molecule has 98 valence electrons. The summed E-state index contributed by atoms with van der Waals surface area (Å²) in [5, 5.41) is 9.35. The third-order valence-electron chi connectivity index (χ3n) is 3.70. The van der Waals surface area contributed by atoms with E-state index in [1.54, 1.807) is 4.90 Å². The second-order valence-electron chi connectivity index (χ2n) is 4.80. The number of piperazine rings is 1. The summed E-state index contributed by atoms with van der Waals surface area (Å²) in [5.41, 5.74) is 1.07. The highest BCUT2D eigenvalue weighted by Crippen LogP contribution is 2.27. The van der Waals surface area contributed by atoms with E-state index in [9.17, 15) is 9.90 Å². The summed E-state index contributed by atoms with van der Waals surface area (Å²) < 4.78 is 0. The first kappa shape index (κ1) is 12.9. The number of benzene rings is 1. The maximum absolute atomic E-state index is 11.4. The van der Waals surface area contributed by atoms with Crippen molar-refractivity contribution >= 4 is 6.09 Å². The molecular formula is C14H20N2O2. The van der Waals surface area contributed by atoms with Gasteiger partial charge in [-0.1, -0.05) is 37.3 Å². The molecule has 0 aromatic heterocycles. The normalized spacial score (nSPS) is 25.1. The molecule has 2 atom stereocenters. The van der Waals surface area contributed by atoms with Gasteiger partial charge in [0.15, 0.2) is 0 Å². The van der Waals surface area contributed by atoms with Crippen LogP contribution in [0.4, 0.5) is 4.79 Å². The molecule has 0 bridgehead atoms. The van der Waals surface area contributed by atoms with Crippen molar-refractivity contribution in [1.82, 2.24) is 9.80 Å². The van der Waals surface area contributed by atoms with Crippen LogP contribution in [-0.2, 0) is 0 Å². The molecule has 1 N–H and O–H groups in total. The summed E-state index contributed by atoms with van der Waals surface area (Å²) in [7, 11) is 0. The van der Waals surface area contributed by atoms with E-state index in [0.717, 1.165) is 18.7 Å². The first-order valence-corrected chi connectivity index (χ1v) is 6.42. The number of nitrogens with zero attached hydrogens (tertiary/aromatic N) is 2. The van der Waals surface area contributed by atoms with E-state index in [1.807, 2.05) is 30.3 Å². The van der Waals surface area contributed by atoms with Crippen molar-refractivity contribution in [2.24, 2.45) is 0 Å². The molecule has 1 saturated heterocycles. The van der Waals surface area contributed by atoms with Crippen LogP contribution < -0.4 is 0 Å². The lowest BCUT2D eigenvalue weighted by molar-refractivity contribution is 0.0397. The first-order chi connectivity index (χ1) is 8.63. The second kappa shape index (κ2) is 5.40. The van der Waals surface area contributed by atoms with Gasteiger partial charge in [-0.25, -0.2) is 4.79 Å². The zero-order valence-corrected chi connectivity index (χ0v) is 10.9. The molecule has 2 rings (SSSR count). The van der Waals surface area contributed by atoms with Crippen LogP contribution in [-0.4, -0.2) is 46.7 Å². The van der Waals surface area contributed by atoms with Crippen molar-refractivity contribution < 1.29 is 9.90 Å². The average Bonchev–Trinajstić information content (AvgIpc) is 2.39. The molecule has 1 amide bonds. The van der Waals surface area contributed by atoms with Gasteiger partial charge >= 0.3 is 6.09 Å². The Balaban J connectivity index is 2.26. The highest BCUT2D eigenvalue weighted by molar-refractivity contribution is 5.66. The fourth-order valence-electron chi connectivity index (χ4n) is 2.64. The topological polar surface area (TPSA) is 43.8 Å². The predicted octanol–water partition coefficient (Wildman–Crippen LogP) is 2.43. The standard InChI is InChI=1S/C14H20N2O2/c1-3-15-10-13(12-7-5-4-6-8-12)16(14(17)18)9-11(15)2/h4-8,11,13H,3,9-10H2,1-2H3,(H,17,18)/t11-,13-/m1/s1. The van der Waals surface area contributed by atoms with Gasteiger partial charge < -0.3 is 5.11 Å². The average molecular weight is 248 g/mol. The van der Waals surface area contributed by atoms with Crippen molar-refractivity contribution in [2.45, 2.75) is 25.9 Å². The quantitative estimate of drug-likeness (QED) is 0.874. The van der Waals surface area contributed by atoms with Crippen molar-refractivity contribution in [3.05, 3.63) is 35.9 Å². The van der Waals surface area contributed by atoms with E-state index >= 15 is 0 Å². The van der Waals surface area contributed by atoms with Crippen molar-refractivity contribution in [1.29, 1.82) is 0 Å². The molecule has 1 aromatic rings. The summed E-state index contributed by atoms with van der Waals surface area (Å²) in [4.78, 5) is 15.3. The van der Waals surface area contributed by atoms with E-state index in [0.29, 0.717) is 6.54 Å². The summed E-state index contributed by atoms with van der Waals surface area (Å²) in [6.45, 7) is 6.50. The minimum absolute atomic E-state index is 0.0557. The van der Waals surface area contributed by atoms with E-state index in [2.05, 4.69) is 18.7 Å². The molecule has 0 radical (unpaired) electrons. The van der Waals surface area contributed by atoms with Gasteiger partial charge in [-0.3, -0.25) is 9.80 Å². The number of amides is 1. The smallest absolute Gasteiger partial charge is 0.407 e. The lowest BCUT2D eigenvalue weighted by Crippen LogP contribution is -2.54. The van der Waals surface area contributed by atoms with E-state index in [1.165, 1.54) is 0 Å². The zero-order valence-electron chi connectivity index (χ0n) is 10.9. The Morgan fingerprint density at radius 3 is 2.56 bits per heavy atom. The van der Waals surface area contributed by atoms with Crippen molar-refractivity contribution in [3.8, 4) is 0 Å². The molecule has 1 aliphatic rings. The second-order valence-corrected chi connectivity index (χ2v) is 4.80. The first-order valence-electron chi connectivity index (χ1n) is 6.42. The minimum Gasteiger partial charge on any atom is -0.465 e. The lowest BCUT2D eigenvalue weighted by atomic mass is 10.0. The van der Waals surface area contributed by atoms with Gasteiger partial charge in [-0.05, 0) is 19.0 Å². The van der Waals surface area contributed by atoms with Gasteiger partial charge in [0.05, 0.1) is 6.04 Å². The summed E-state index contributed by atoms with van der Waals surface area (Å²) >= 11 is 0. The molecule has 0 saturated carbocycles. The van der Waals surface area contributed by atoms with Crippen LogP contribution >= 0.6 is 0 Å². The molecule has 1 heterocycles. The van der Waals surface area contributed by atoms with Crippen LogP contribution in [0.1, 0.15) is 25.5 Å². The van der Waals surface area contributed by atoms with Gasteiger partial charge in [0.25, 0.3) is 0 Å². The number of rotatable bonds is 2. The highest BCUT2D eigenvalue weighted by Gasteiger charge is 2.34. The van der Waals surface area contributed by atoms with Crippen LogP contribution in [0.3, 0.4) is 0 Å². The van der Waals surface area contributed by atoms with Crippen LogP contribution in [0.2, 0.25) is 0 Å². The molecule has 0 aliphatic carbocycles. The summed E-state index contributed by atoms with van der Waals surface area (Å²) in [6.07, 6.45) is -0.827. The number of carboxylic acid groups (broad SMARTS) is 1. The molecule has 0 spiro atoms. The number of likely N-dealkylation sites (N-methyl/N-ethyl adjacent to an activating group) is 1. The predicted molar refractivity (Wildman–Crippen MR) is 70.6 cm³/mol. The third kappa shape index (κ3) is 2.48. The van der Waals surface area contributed by atoms with E-state index < -0.39 is 6.09 Å². The molecule has 18 heavy (non-hydrogen) atoms. The highest BCUT2D eigenvalue weighted by atomic mass is 16.4. The van der Waals surface area contributed by atoms with Gasteiger partial charge in [-0.2, -0.15) is 0 Å². The fraction of sp³-hybridized carbons (Fsp3) is 0.500. The monoisotopic (exact) mass is 248 g/mol. The van der Waals surface area contributed by atoms with Crippen LogP contribution in [0.15, 0.2) is 30.3 Å². The molecule has 0 unspecified atom stereocenters. The maximum atomic E-state index is 11.4. The van der Waals surface area contributed by atoms with Crippen LogP contribution in [0, 0.1) is 0 Å². The molecule has 1 aromatic carbocycles. The van der Waals surface area contributed by atoms with Crippen LogP contribution in [0.5, 0.6) is 0 Å². The van der Waals surface area contributed by atoms with Gasteiger partial charge in [-0.15, -0.1) is 0 Å². The molecular weight excluding hydrogens is 228 g/mol. The van der Waals surface area contributed by atoms with E-state index in [-0.39, 0.29) is 12.1 Å².